The van der Waals surface area contributed by atoms with E-state index in [1.54, 1.807) is 18.2 Å². The van der Waals surface area contributed by atoms with Crippen molar-refractivity contribution in [3.8, 4) is 11.8 Å². The molecule has 2 aromatic rings. The topological polar surface area (TPSA) is 65.9 Å². The number of H-pyrrole nitrogens is 1. The van der Waals surface area contributed by atoms with E-state index in [1.807, 2.05) is 19.9 Å². The van der Waals surface area contributed by atoms with Crippen molar-refractivity contribution in [2.45, 2.75) is 13.8 Å². The Morgan fingerprint density at radius 3 is 2.70 bits per heavy atom. The first-order valence-electron chi connectivity index (χ1n) is 6.03. The summed E-state index contributed by atoms with van der Waals surface area (Å²) in [5, 5.41) is 9.06. The lowest BCUT2D eigenvalue weighted by Crippen LogP contribution is -2.12. The second-order valence-corrected chi connectivity index (χ2v) is 4.87. The molecule has 0 fully saturated rings. The molecule has 0 aliphatic heterocycles. The minimum Gasteiger partial charge on any atom is -0.484 e. The smallest absolute Gasteiger partial charge is 0.202 e. The zero-order valence-electron chi connectivity index (χ0n) is 11.2. The predicted molar refractivity (Wildman–Crippen MR) is 76.3 cm³/mol. The number of ketones is 1. The molecule has 0 amide bonds. The zero-order valence-corrected chi connectivity index (χ0v) is 11.9. The van der Waals surface area contributed by atoms with Gasteiger partial charge in [-0.25, -0.2) is 0 Å². The number of nitrogens with zero attached hydrogens (tertiary/aromatic N) is 1. The van der Waals surface area contributed by atoms with Crippen LogP contribution in [0, 0.1) is 25.2 Å². The van der Waals surface area contributed by atoms with E-state index in [-0.39, 0.29) is 12.4 Å². The number of aromatic nitrogens is 1. The van der Waals surface area contributed by atoms with Crippen LogP contribution in [0.4, 0.5) is 0 Å². The molecule has 0 atom stereocenters. The summed E-state index contributed by atoms with van der Waals surface area (Å²) in [6.07, 6.45) is 0. The summed E-state index contributed by atoms with van der Waals surface area (Å²) in [5.41, 5.74) is 2.82. The van der Waals surface area contributed by atoms with E-state index in [9.17, 15) is 4.79 Å². The maximum Gasteiger partial charge on any atom is 0.202 e. The van der Waals surface area contributed by atoms with E-state index < -0.39 is 0 Å². The molecule has 2 rings (SSSR count). The van der Waals surface area contributed by atoms with Crippen LogP contribution < -0.4 is 4.74 Å². The highest BCUT2D eigenvalue weighted by Crippen LogP contribution is 2.25. The van der Waals surface area contributed by atoms with E-state index in [0.717, 1.165) is 11.4 Å². The van der Waals surface area contributed by atoms with Crippen LogP contribution in [0.5, 0.6) is 5.75 Å². The Hall–Kier alpha value is -2.25. The molecule has 0 aliphatic rings. The van der Waals surface area contributed by atoms with Crippen LogP contribution in [-0.4, -0.2) is 17.4 Å². The summed E-state index contributed by atoms with van der Waals surface area (Å²) in [5.74, 6) is 0.274. The Balaban J connectivity index is 2.08. The van der Waals surface area contributed by atoms with Gasteiger partial charge in [0.2, 0.25) is 5.78 Å². The van der Waals surface area contributed by atoms with Gasteiger partial charge in [0.1, 0.15) is 5.75 Å². The number of aryl methyl sites for hydroxylation is 2. The molecule has 1 heterocycles. The molecule has 0 radical (unpaired) electrons. The van der Waals surface area contributed by atoms with Crippen molar-refractivity contribution in [3.05, 3.63) is 51.8 Å². The van der Waals surface area contributed by atoms with E-state index in [4.69, 9.17) is 21.6 Å². The number of Topliss-reactive ketones (excluding diaryl/α,β-unsaturated/α-hetero) is 1. The van der Waals surface area contributed by atoms with E-state index in [1.165, 1.54) is 6.07 Å². The van der Waals surface area contributed by atoms with E-state index >= 15 is 0 Å². The molecule has 102 valence electrons. The van der Waals surface area contributed by atoms with E-state index in [2.05, 4.69) is 4.98 Å². The zero-order chi connectivity index (χ0) is 14.7. The lowest BCUT2D eigenvalue weighted by Gasteiger charge is -2.07. The summed E-state index contributed by atoms with van der Waals surface area (Å²) in [4.78, 5) is 15.1. The van der Waals surface area contributed by atoms with Gasteiger partial charge in [0.05, 0.1) is 16.7 Å². The molecule has 1 aromatic heterocycles. The highest BCUT2D eigenvalue weighted by Gasteiger charge is 2.13. The second kappa shape index (κ2) is 5.81. The Morgan fingerprint density at radius 1 is 1.40 bits per heavy atom. The molecule has 1 N–H and O–H groups in total. The van der Waals surface area contributed by atoms with Crippen molar-refractivity contribution in [3.63, 3.8) is 0 Å². The molecular weight excluding hydrogens is 276 g/mol. The third kappa shape index (κ3) is 3.01. The summed E-state index contributed by atoms with van der Waals surface area (Å²) >= 11 is 5.98. The molecule has 1 aromatic carbocycles. The fourth-order valence-electron chi connectivity index (χ4n) is 1.92. The fraction of sp³-hybridized carbons (Fsp3) is 0.200. The first kappa shape index (κ1) is 14.2. The van der Waals surface area contributed by atoms with Gasteiger partial charge >= 0.3 is 0 Å². The second-order valence-electron chi connectivity index (χ2n) is 4.46. The number of nitrogens with one attached hydrogen (secondary N) is 1. The first-order chi connectivity index (χ1) is 9.51. The maximum atomic E-state index is 12.0. The molecular formula is C15H13ClN2O2. The number of ether oxygens (including phenoxy) is 1. The molecule has 0 aliphatic carbocycles. The summed E-state index contributed by atoms with van der Waals surface area (Å²) in [6, 6.07) is 8.47. The highest BCUT2D eigenvalue weighted by atomic mass is 35.5. The van der Waals surface area contributed by atoms with Crippen molar-refractivity contribution in [2.75, 3.05) is 6.61 Å². The van der Waals surface area contributed by atoms with Crippen LogP contribution >= 0.6 is 11.6 Å². The number of rotatable bonds is 4. The number of nitriles is 1. The maximum absolute atomic E-state index is 12.0. The third-order valence-corrected chi connectivity index (χ3v) is 3.17. The van der Waals surface area contributed by atoms with Gasteiger partial charge in [0.15, 0.2) is 6.61 Å². The van der Waals surface area contributed by atoms with Gasteiger partial charge in [-0.3, -0.25) is 4.79 Å². The fourth-order valence-corrected chi connectivity index (χ4v) is 2.16. The standard InChI is InChI=1S/C15H13ClN2O2/c1-9-5-12(10(2)18-9)14(19)8-20-15-4-3-11(7-17)6-13(15)16/h3-6,18H,8H2,1-2H3. The number of aromatic amines is 1. The molecule has 20 heavy (non-hydrogen) atoms. The minimum atomic E-state index is -0.118. The molecule has 4 nitrogen and oxygen atoms in total. The van der Waals surface area contributed by atoms with Crippen LogP contribution in [0.25, 0.3) is 0 Å². The van der Waals surface area contributed by atoms with Crippen molar-refractivity contribution in [1.82, 2.24) is 4.98 Å². The molecule has 0 unspecified atom stereocenters. The highest BCUT2D eigenvalue weighted by molar-refractivity contribution is 6.32. The Bertz CT molecular complexity index is 698. The normalized spacial score (nSPS) is 10.1. The number of benzene rings is 1. The van der Waals surface area contributed by atoms with Gasteiger partial charge in [-0.1, -0.05) is 11.6 Å². The predicted octanol–water partition coefficient (Wildman–Crippen LogP) is 3.42. The van der Waals surface area contributed by atoms with Gasteiger partial charge in [-0.05, 0) is 38.1 Å². The number of hydrogen-bond donors (Lipinski definition) is 1. The molecule has 0 saturated heterocycles. The van der Waals surface area contributed by atoms with Crippen LogP contribution in [0.3, 0.4) is 0 Å². The summed E-state index contributed by atoms with van der Waals surface area (Å²) in [7, 11) is 0. The van der Waals surface area contributed by atoms with Crippen LogP contribution in [-0.2, 0) is 0 Å². The lowest BCUT2D eigenvalue weighted by atomic mass is 10.1. The van der Waals surface area contributed by atoms with Gasteiger partial charge in [0.25, 0.3) is 0 Å². The number of hydrogen-bond acceptors (Lipinski definition) is 3. The minimum absolute atomic E-state index is 0.0935. The summed E-state index contributed by atoms with van der Waals surface area (Å²) < 4.78 is 5.41. The largest absolute Gasteiger partial charge is 0.484 e. The Morgan fingerprint density at radius 2 is 2.15 bits per heavy atom. The monoisotopic (exact) mass is 288 g/mol. The lowest BCUT2D eigenvalue weighted by molar-refractivity contribution is 0.0921. The van der Waals surface area contributed by atoms with Gasteiger partial charge in [-0.15, -0.1) is 0 Å². The van der Waals surface area contributed by atoms with Crippen LogP contribution in [0.2, 0.25) is 5.02 Å². The summed E-state index contributed by atoms with van der Waals surface area (Å²) in [6.45, 7) is 3.64. The third-order valence-electron chi connectivity index (χ3n) is 2.87. The van der Waals surface area contributed by atoms with Crippen LogP contribution in [0.1, 0.15) is 27.3 Å². The van der Waals surface area contributed by atoms with Crippen molar-refractivity contribution >= 4 is 17.4 Å². The number of halogens is 1. The molecule has 0 spiro atoms. The Labute approximate surface area is 121 Å². The number of carbonyl (C=O) groups is 1. The van der Waals surface area contributed by atoms with Gasteiger partial charge < -0.3 is 9.72 Å². The molecule has 0 bridgehead atoms. The first-order valence-corrected chi connectivity index (χ1v) is 6.41. The van der Waals surface area contributed by atoms with E-state index in [0.29, 0.717) is 21.9 Å². The SMILES string of the molecule is Cc1cc(C(=O)COc2ccc(C#N)cc2Cl)c(C)[nH]1. The number of carbonyl (C=O) groups excluding carboxylic acids is 1. The average Bonchev–Trinajstić information content (AvgIpc) is 2.76. The van der Waals surface area contributed by atoms with Crippen LogP contribution in [0.15, 0.2) is 24.3 Å². The van der Waals surface area contributed by atoms with Crippen molar-refractivity contribution < 1.29 is 9.53 Å². The van der Waals surface area contributed by atoms with Gasteiger partial charge in [0, 0.05) is 17.0 Å². The molecule has 0 saturated carbocycles. The van der Waals surface area contributed by atoms with Gasteiger partial charge in [-0.2, -0.15) is 5.26 Å². The average molecular weight is 289 g/mol. The molecule has 5 heteroatoms. The Kier molecular flexibility index (Phi) is 4.11. The van der Waals surface area contributed by atoms with Crippen molar-refractivity contribution in [1.29, 1.82) is 5.26 Å². The van der Waals surface area contributed by atoms with Crippen molar-refractivity contribution in [2.24, 2.45) is 0 Å². The quantitative estimate of drug-likeness (QED) is 0.877.